The highest BCUT2D eigenvalue weighted by atomic mass is 16.6. The molecule has 0 unspecified atom stereocenters. The van der Waals surface area contributed by atoms with Gasteiger partial charge < -0.3 is 10.1 Å². The molecular weight excluding hydrogens is 274 g/mol. The molecule has 1 N–H and O–H groups in total. The van der Waals surface area contributed by atoms with Gasteiger partial charge in [-0.2, -0.15) is 5.26 Å². The molecule has 0 radical (unpaired) electrons. The van der Waals surface area contributed by atoms with Crippen LogP contribution in [0.5, 0.6) is 5.75 Å². The summed E-state index contributed by atoms with van der Waals surface area (Å²) in [5, 5.41) is 22.8. The van der Waals surface area contributed by atoms with Crippen molar-refractivity contribution in [3.05, 3.63) is 28.3 Å². The van der Waals surface area contributed by atoms with Crippen LogP contribution < -0.4 is 10.1 Å². The van der Waals surface area contributed by atoms with E-state index in [1.54, 1.807) is 0 Å². The molecule has 7 nitrogen and oxygen atoms in total. The van der Waals surface area contributed by atoms with Crippen LogP contribution in [0.3, 0.4) is 0 Å². The monoisotopic (exact) mass is 289 g/mol. The Bertz CT molecular complexity index is 615. The molecule has 1 aliphatic rings. The number of hydrogen-bond donors (Lipinski definition) is 1. The number of nitro groups is 1. The summed E-state index contributed by atoms with van der Waals surface area (Å²) in [4.78, 5) is 22.6. The number of nitrogens with zero attached hydrogens (tertiary/aromatic N) is 2. The van der Waals surface area contributed by atoms with Crippen molar-refractivity contribution in [2.24, 2.45) is 5.41 Å². The van der Waals surface area contributed by atoms with E-state index in [4.69, 9.17) is 4.74 Å². The van der Waals surface area contributed by atoms with Crippen molar-refractivity contribution >= 4 is 17.3 Å². The van der Waals surface area contributed by atoms with E-state index >= 15 is 0 Å². The van der Waals surface area contributed by atoms with Gasteiger partial charge >= 0.3 is 5.69 Å². The van der Waals surface area contributed by atoms with E-state index in [0.717, 1.165) is 12.8 Å². The summed E-state index contributed by atoms with van der Waals surface area (Å²) in [6.07, 6.45) is 2.72. The maximum absolute atomic E-state index is 12.3. The first kappa shape index (κ1) is 14.8. The summed E-state index contributed by atoms with van der Waals surface area (Å²) in [7, 11) is 1.34. The van der Waals surface area contributed by atoms with E-state index in [-0.39, 0.29) is 17.1 Å². The zero-order valence-electron chi connectivity index (χ0n) is 11.6. The second-order valence-electron chi connectivity index (χ2n) is 5.00. The highest BCUT2D eigenvalue weighted by molar-refractivity contribution is 5.97. The third-order valence-electron chi connectivity index (χ3n) is 3.74. The van der Waals surface area contributed by atoms with Crippen molar-refractivity contribution in [1.82, 2.24) is 0 Å². The number of methoxy groups -OCH3 is 1. The van der Waals surface area contributed by atoms with Crippen molar-refractivity contribution in [1.29, 1.82) is 5.26 Å². The van der Waals surface area contributed by atoms with Crippen molar-refractivity contribution in [3.8, 4) is 11.8 Å². The maximum atomic E-state index is 12.3. The summed E-state index contributed by atoms with van der Waals surface area (Å²) in [6.45, 7) is 0. The normalized spacial score (nSPS) is 16.0. The average molecular weight is 289 g/mol. The number of benzene rings is 1. The van der Waals surface area contributed by atoms with Gasteiger partial charge in [-0.1, -0.05) is 12.8 Å². The Kier molecular flexibility index (Phi) is 4.08. The van der Waals surface area contributed by atoms with Crippen molar-refractivity contribution in [3.63, 3.8) is 0 Å². The summed E-state index contributed by atoms with van der Waals surface area (Å²) < 4.78 is 4.90. The largest absolute Gasteiger partial charge is 0.490 e. The van der Waals surface area contributed by atoms with Gasteiger partial charge in [-0.25, -0.2) is 0 Å². The first-order valence-corrected chi connectivity index (χ1v) is 6.57. The topological polar surface area (TPSA) is 105 Å². The van der Waals surface area contributed by atoms with E-state index in [0.29, 0.717) is 12.8 Å². The average Bonchev–Trinajstić information content (AvgIpc) is 2.97. The molecule has 0 atom stereocenters. The quantitative estimate of drug-likeness (QED) is 0.677. The lowest BCUT2D eigenvalue weighted by molar-refractivity contribution is -0.385. The van der Waals surface area contributed by atoms with Crippen LogP contribution in [0.2, 0.25) is 0 Å². The SMILES string of the molecule is COc1ccc(NC(=O)C2(C#N)CCCC2)cc1[N+](=O)[O-]. The predicted octanol–water partition coefficient (Wildman–Crippen LogP) is 2.63. The second-order valence-corrected chi connectivity index (χ2v) is 5.00. The molecular formula is C14H15N3O4. The maximum Gasteiger partial charge on any atom is 0.312 e. The molecule has 21 heavy (non-hydrogen) atoms. The number of nitro benzene ring substituents is 1. The van der Waals surface area contributed by atoms with E-state index in [9.17, 15) is 20.2 Å². The standard InChI is InChI=1S/C14H15N3O4/c1-21-12-5-4-10(8-11(12)17(19)20)16-13(18)14(9-15)6-2-3-7-14/h4-5,8H,2-3,6-7H2,1H3,(H,16,18). The van der Waals surface area contributed by atoms with Crippen LogP contribution >= 0.6 is 0 Å². The molecule has 0 bridgehead atoms. The number of carbonyl (C=O) groups excluding carboxylic acids is 1. The van der Waals surface area contributed by atoms with Gasteiger partial charge in [-0.05, 0) is 25.0 Å². The Labute approximate surface area is 121 Å². The summed E-state index contributed by atoms with van der Waals surface area (Å²) >= 11 is 0. The van der Waals surface area contributed by atoms with Crippen molar-refractivity contribution in [2.75, 3.05) is 12.4 Å². The van der Waals surface area contributed by atoms with Crippen LogP contribution in [0.4, 0.5) is 11.4 Å². The zero-order valence-corrected chi connectivity index (χ0v) is 11.6. The van der Waals surface area contributed by atoms with Gasteiger partial charge in [0.05, 0.1) is 18.1 Å². The van der Waals surface area contributed by atoms with Crippen LogP contribution in [0.15, 0.2) is 18.2 Å². The highest BCUT2D eigenvalue weighted by Crippen LogP contribution is 2.39. The molecule has 0 spiro atoms. The van der Waals surface area contributed by atoms with Crippen LogP contribution in [-0.4, -0.2) is 17.9 Å². The van der Waals surface area contributed by atoms with E-state index in [2.05, 4.69) is 11.4 Å². The minimum atomic E-state index is -1.02. The first-order valence-electron chi connectivity index (χ1n) is 6.57. The summed E-state index contributed by atoms with van der Waals surface area (Å²) in [5.74, 6) is -0.282. The summed E-state index contributed by atoms with van der Waals surface area (Å²) in [6, 6.07) is 6.26. The number of amides is 1. The van der Waals surface area contributed by atoms with Crippen molar-refractivity contribution < 1.29 is 14.5 Å². The molecule has 1 aromatic carbocycles. The minimum Gasteiger partial charge on any atom is -0.490 e. The van der Waals surface area contributed by atoms with E-state index in [1.165, 1.54) is 25.3 Å². The van der Waals surface area contributed by atoms with Gasteiger partial charge in [-0.15, -0.1) is 0 Å². The molecule has 1 amide bonds. The Morgan fingerprint density at radius 1 is 1.48 bits per heavy atom. The fourth-order valence-electron chi connectivity index (χ4n) is 2.53. The summed E-state index contributed by atoms with van der Waals surface area (Å²) in [5.41, 5.74) is -0.962. The van der Waals surface area contributed by atoms with E-state index < -0.39 is 16.2 Å². The zero-order chi connectivity index (χ0) is 15.5. The van der Waals surface area contributed by atoms with Crippen LogP contribution in [-0.2, 0) is 4.79 Å². The lowest BCUT2D eigenvalue weighted by Crippen LogP contribution is -2.32. The van der Waals surface area contributed by atoms with Crippen LogP contribution in [0.1, 0.15) is 25.7 Å². The van der Waals surface area contributed by atoms with Crippen LogP contribution in [0, 0.1) is 26.9 Å². The molecule has 1 fully saturated rings. The van der Waals surface area contributed by atoms with Gasteiger partial charge in [0.1, 0.15) is 5.41 Å². The molecule has 0 saturated heterocycles. The molecule has 0 heterocycles. The number of ether oxygens (including phenoxy) is 1. The third-order valence-corrected chi connectivity index (χ3v) is 3.74. The number of anilines is 1. The lowest BCUT2D eigenvalue weighted by Gasteiger charge is -2.19. The van der Waals surface area contributed by atoms with Gasteiger partial charge in [0.25, 0.3) is 0 Å². The number of nitrogens with one attached hydrogen (secondary N) is 1. The highest BCUT2D eigenvalue weighted by Gasteiger charge is 2.41. The molecule has 0 aromatic heterocycles. The molecule has 2 rings (SSSR count). The molecule has 110 valence electrons. The number of carbonyl (C=O) groups is 1. The second kappa shape index (κ2) is 5.79. The van der Waals surface area contributed by atoms with Crippen molar-refractivity contribution in [2.45, 2.75) is 25.7 Å². The van der Waals surface area contributed by atoms with Gasteiger partial charge in [0.2, 0.25) is 5.91 Å². The Hall–Kier alpha value is -2.62. The van der Waals surface area contributed by atoms with Gasteiger partial charge in [-0.3, -0.25) is 14.9 Å². The fourth-order valence-corrected chi connectivity index (χ4v) is 2.53. The Balaban J connectivity index is 2.24. The number of rotatable bonds is 4. The molecule has 7 heteroatoms. The molecule has 1 saturated carbocycles. The Morgan fingerprint density at radius 2 is 2.14 bits per heavy atom. The number of hydrogen-bond acceptors (Lipinski definition) is 5. The fraction of sp³-hybridized carbons (Fsp3) is 0.429. The van der Waals surface area contributed by atoms with E-state index in [1.807, 2.05) is 0 Å². The third kappa shape index (κ3) is 2.79. The number of nitriles is 1. The van der Waals surface area contributed by atoms with Crippen LogP contribution in [0.25, 0.3) is 0 Å². The molecule has 1 aromatic rings. The first-order chi connectivity index (χ1) is 10.0. The lowest BCUT2D eigenvalue weighted by atomic mass is 9.87. The minimum absolute atomic E-state index is 0.119. The Morgan fingerprint density at radius 3 is 2.67 bits per heavy atom. The smallest absolute Gasteiger partial charge is 0.312 e. The molecule has 1 aliphatic carbocycles. The van der Waals surface area contributed by atoms with Gasteiger partial charge in [0, 0.05) is 11.8 Å². The predicted molar refractivity (Wildman–Crippen MR) is 74.8 cm³/mol. The molecule has 0 aliphatic heterocycles. The van der Waals surface area contributed by atoms with Gasteiger partial charge in [0.15, 0.2) is 5.75 Å².